The van der Waals surface area contributed by atoms with Gasteiger partial charge in [-0.3, -0.25) is 4.79 Å². The smallest absolute Gasteiger partial charge is 0.408 e. The number of pyridine rings is 2. The van der Waals surface area contributed by atoms with Crippen LogP contribution in [0.2, 0.25) is 0 Å². The number of anilines is 3. The number of alkyl carbamates (subject to hydrolysis) is 1. The molecule has 0 fully saturated rings. The van der Waals surface area contributed by atoms with Crippen molar-refractivity contribution < 1.29 is 23.9 Å². The van der Waals surface area contributed by atoms with Crippen molar-refractivity contribution in [3.8, 4) is 0 Å². The minimum atomic E-state index is -0.842. The first-order chi connectivity index (χ1) is 14.1. The molecule has 2 aromatic heterocycles. The van der Waals surface area contributed by atoms with Crippen LogP contribution in [0.15, 0.2) is 36.7 Å². The summed E-state index contributed by atoms with van der Waals surface area (Å²) in [4.78, 5) is 44.1. The second kappa shape index (κ2) is 9.68. The van der Waals surface area contributed by atoms with Crippen molar-refractivity contribution in [3.05, 3.63) is 42.2 Å². The third-order valence-corrected chi connectivity index (χ3v) is 3.62. The minimum Gasteiger partial charge on any atom is -0.465 e. The molecule has 0 aliphatic heterocycles. The number of ether oxygens (including phenoxy) is 2. The number of methoxy groups -OCH3 is 1. The molecule has 2 rings (SSSR count). The molecule has 10 nitrogen and oxygen atoms in total. The van der Waals surface area contributed by atoms with Crippen LogP contribution < -0.4 is 16.0 Å². The molecule has 0 spiro atoms. The molecule has 2 amide bonds. The summed E-state index contributed by atoms with van der Waals surface area (Å²) in [6.07, 6.45) is 2.22. The highest BCUT2D eigenvalue weighted by Gasteiger charge is 2.21. The van der Waals surface area contributed by atoms with E-state index in [1.807, 2.05) is 0 Å². The first-order valence-electron chi connectivity index (χ1n) is 9.16. The molecule has 30 heavy (non-hydrogen) atoms. The zero-order chi connectivity index (χ0) is 22.3. The fourth-order valence-corrected chi connectivity index (χ4v) is 2.22. The maximum atomic E-state index is 12.5. The Hall–Kier alpha value is -3.69. The molecule has 0 aromatic carbocycles. The van der Waals surface area contributed by atoms with Crippen molar-refractivity contribution in [1.29, 1.82) is 0 Å². The highest BCUT2D eigenvalue weighted by molar-refractivity contribution is 5.98. The molecule has 0 saturated heterocycles. The van der Waals surface area contributed by atoms with Crippen molar-refractivity contribution in [2.75, 3.05) is 17.7 Å². The van der Waals surface area contributed by atoms with E-state index in [0.29, 0.717) is 22.9 Å². The number of nitrogens with one attached hydrogen (secondary N) is 3. The van der Waals surface area contributed by atoms with E-state index in [9.17, 15) is 14.4 Å². The molecule has 0 aliphatic carbocycles. The van der Waals surface area contributed by atoms with Crippen LogP contribution in [0.5, 0.6) is 0 Å². The summed E-state index contributed by atoms with van der Waals surface area (Å²) in [7, 11) is 1.29. The monoisotopic (exact) mass is 415 g/mol. The van der Waals surface area contributed by atoms with Crippen LogP contribution in [0.1, 0.15) is 38.1 Å². The highest BCUT2D eigenvalue weighted by atomic mass is 16.6. The van der Waals surface area contributed by atoms with Gasteiger partial charge in [0.1, 0.15) is 17.5 Å². The zero-order valence-corrected chi connectivity index (χ0v) is 17.5. The third-order valence-electron chi connectivity index (χ3n) is 3.62. The standard InChI is InChI=1S/C20H25N5O5/c1-12(23-19(28)30-20(2,3)4)17(26)24-14-7-6-10-21-16(14)25-15-9-8-13(11-22-15)18(27)29-5/h6-12H,1-5H3,(H,23,28)(H,24,26)(H,21,22,25). The lowest BCUT2D eigenvalue weighted by Gasteiger charge is -2.22. The number of rotatable bonds is 6. The summed E-state index contributed by atoms with van der Waals surface area (Å²) in [5, 5.41) is 8.15. The number of amides is 2. The average molecular weight is 415 g/mol. The number of hydrogen-bond acceptors (Lipinski definition) is 8. The largest absolute Gasteiger partial charge is 0.465 e. The Kier molecular flexibility index (Phi) is 7.29. The maximum absolute atomic E-state index is 12.5. The van der Waals surface area contributed by atoms with E-state index in [0.717, 1.165) is 0 Å². The molecular formula is C20H25N5O5. The van der Waals surface area contributed by atoms with Gasteiger partial charge >= 0.3 is 12.1 Å². The van der Waals surface area contributed by atoms with Gasteiger partial charge in [0.2, 0.25) is 5.91 Å². The molecule has 10 heteroatoms. The fourth-order valence-electron chi connectivity index (χ4n) is 2.22. The summed E-state index contributed by atoms with van der Waals surface area (Å²) in [6, 6.07) is 5.59. The number of hydrogen-bond donors (Lipinski definition) is 3. The molecule has 1 unspecified atom stereocenters. The number of nitrogens with zero attached hydrogens (tertiary/aromatic N) is 2. The van der Waals surface area contributed by atoms with Crippen LogP contribution in [-0.4, -0.2) is 46.7 Å². The third kappa shape index (κ3) is 6.73. The number of aromatic nitrogens is 2. The molecular weight excluding hydrogens is 390 g/mol. The Bertz CT molecular complexity index is 909. The van der Waals surface area contributed by atoms with Gasteiger partial charge in [-0.25, -0.2) is 19.6 Å². The van der Waals surface area contributed by atoms with Gasteiger partial charge in [-0.15, -0.1) is 0 Å². The summed E-state index contributed by atoms with van der Waals surface area (Å²) >= 11 is 0. The van der Waals surface area contributed by atoms with Crippen LogP contribution in [0.3, 0.4) is 0 Å². The van der Waals surface area contributed by atoms with Gasteiger partial charge in [0, 0.05) is 12.4 Å². The first-order valence-corrected chi connectivity index (χ1v) is 9.16. The van der Waals surface area contributed by atoms with Crippen molar-refractivity contribution in [2.45, 2.75) is 39.3 Å². The van der Waals surface area contributed by atoms with Gasteiger partial charge in [0.15, 0.2) is 5.82 Å². The van der Waals surface area contributed by atoms with E-state index >= 15 is 0 Å². The molecule has 3 N–H and O–H groups in total. The summed E-state index contributed by atoms with van der Waals surface area (Å²) in [6.45, 7) is 6.74. The first kappa shape index (κ1) is 22.6. The predicted octanol–water partition coefficient (Wildman–Crippen LogP) is 2.86. The van der Waals surface area contributed by atoms with Crippen molar-refractivity contribution in [3.63, 3.8) is 0 Å². The maximum Gasteiger partial charge on any atom is 0.408 e. The van der Waals surface area contributed by atoms with Crippen LogP contribution in [0, 0.1) is 0 Å². The zero-order valence-electron chi connectivity index (χ0n) is 17.5. The van der Waals surface area contributed by atoms with Gasteiger partial charge in [0.25, 0.3) is 0 Å². The van der Waals surface area contributed by atoms with E-state index in [1.54, 1.807) is 51.2 Å². The Morgan fingerprint density at radius 3 is 2.43 bits per heavy atom. The second-order valence-corrected chi connectivity index (χ2v) is 7.31. The summed E-state index contributed by atoms with van der Waals surface area (Å²) < 4.78 is 9.79. The number of carbonyl (C=O) groups excluding carboxylic acids is 3. The summed E-state index contributed by atoms with van der Waals surface area (Å²) in [5.74, 6) is -0.192. The van der Waals surface area contributed by atoms with E-state index in [2.05, 4.69) is 30.7 Å². The lowest BCUT2D eigenvalue weighted by Crippen LogP contribution is -2.44. The van der Waals surface area contributed by atoms with Gasteiger partial charge in [-0.05, 0) is 52.0 Å². The van der Waals surface area contributed by atoms with Crippen LogP contribution >= 0.6 is 0 Å². The normalized spacial score (nSPS) is 11.8. The molecule has 2 aromatic rings. The molecule has 2 heterocycles. The SMILES string of the molecule is COC(=O)c1ccc(Nc2ncccc2NC(=O)C(C)NC(=O)OC(C)(C)C)nc1. The van der Waals surface area contributed by atoms with Crippen LogP contribution in [0.25, 0.3) is 0 Å². The topological polar surface area (TPSA) is 132 Å². The molecule has 1 atom stereocenters. The quantitative estimate of drug-likeness (QED) is 0.614. The summed E-state index contributed by atoms with van der Waals surface area (Å²) in [5.41, 5.74) is 0.0238. The van der Waals surface area contributed by atoms with E-state index in [-0.39, 0.29) is 0 Å². The highest BCUT2D eigenvalue weighted by Crippen LogP contribution is 2.22. The van der Waals surface area contributed by atoms with E-state index in [1.165, 1.54) is 20.2 Å². The average Bonchev–Trinajstić information content (AvgIpc) is 2.67. The molecule has 0 bridgehead atoms. The van der Waals surface area contributed by atoms with Crippen LogP contribution in [-0.2, 0) is 14.3 Å². The Balaban J connectivity index is 2.05. The molecule has 0 aliphatic rings. The van der Waals surface area contributed by atoms with Crippen molar-refractivity contribution >= 4 is 35.3 Å². The second-order valence-electron chi connectivity index (χ2n) is 7.31. The Morgan fingerprint density at radius 2 is 1.83 bits per heavy atom. The number of esters is 1. The van der Waals surface area contributed by atoms with Crippen molar-refractivity contribution in [2.24, 2.45) is 0 Å². The fraction of sp³-hybridized carbons (Fsp3) is 0.350. The van der Waals surface area contributed by atoms with Crippen molar-refractivity contribution in [1.82, 2.24) is 15.3 Å². The predicted molar refractivity (Wildman–Crippen MR) is 111 cm³/mol. The Labute approximate surface area is 174 Å². The molecule has 160 valence electrons. The number of carbonyl (C=O) groups is 3. The van der Waals surface area contributed by atoms with Gasteiger partial charge < -0.3 is 25.4 Å². The van der Waals surface area contributed by atoms with E-state index < -0.39 is 29.6 Å². The van der Waals surface area contributed by atoms with Crippen LogP contribution in [0.4, 0.5) is 22.1 Å². The molecule has 0 saturated carbocycles. The lowest BCUT2D eigenvalue weighted by molar-refractivity contribution is -0.117. The van der Waals surface area contributed by atoms with Gasteiger partial charge in [0.05, 0.1) is 18.4 Å². The van der Waals surface area contributed by atoms with Gasteiger partial charge in [-0.2, -0.15) is 0 Å². The lowest BCUT2D eigenvalue weighted by atomic mass is 10.2. The Morgan fingerprint density at radius 1 is 1.10 bits per heavy atom. The van der Waals surface area contributed by atoms with E-state index in [4.69, 9.17) is 4.74 Å². The molecule has 0 radical (unpaired) electrons. The van der Waals surface area contributed by atoms with Gasteiger partial charge in [-0.1, -0.05) is 0 Å². The minimum absolute atomic E-state index is 0.305.